The molecule has 0 aromatic heterocycles. The Morgan fingerprint density at radius 3 is 2.31 bits per heavy atom. The van der Waals surface area contributed by atoms with Gasteiger partial charge >= 0.3 is 0 Å². The van der Waals surface area contributed by atoms with Crippen LogP contribution in [0.25, 0.3) is 0 Å². The van der Waals surface area contributed by atoms with Crippen LogP contribution in [0.4, 0.5) is 11.4 Å². The predicted molar refractivity (Wildman–Crippen MR) is 118 cm³/mol. The van der Waals surface area contributed by atoms with Crippen molar-refractivity contribution in [3.8, 4) is 0 Å². The molecule has 0 unspecified atom stereocenters. The minimum atomic E-state index is -2.97. The van der Waals surface area contributed by atoms with Crippen molar-refractivity contribution in [2.75, 3.05) is 50.0 Å². The van der Waals surface area contributed by atoms with Gasteiger partial charge in [-0.15, -0.1) is 0 Å². The first-order chi connectivity index (χ1) is 13.7. The van der Waals surface area contributed by atoms with E-state index in [2.05, 4.69) is 30.1 Å². The van der Waals surface area contributed by atoms with E-state index in [0.717, 1.165) is 16.9 Å². The van der Waals surface area contributed by atoms with Crippen LogP contribution in [0.15, 0.2) is 42.5 Å². The molecule has 1 N–H and O–H groups in total. The highest BCUT2D eigenvalue weighted by molar-refractivity contribution is 7.90. The number of nitrogens with one attached hydrogen (secondary N) is 1. The molecule has 29 heavy (non-hydrogen) atoms. The lowest BCUT2D eigenvalue weighted by Crippen LogP contribution is -2.49. The average molecular weight is 416 g/mol. The molecule has 2 aromatic rings. The molecule has 156 valence electrons. The summed E-state index contributed by atoms with van der Waals surface area (Å²) in [6, 6.07) is 13.7. The molecular formula is C22H29N3O3S. The van der Waals surface area contributed by atoms with Gasteiger partial charge in [-0.05, 0) is 43.2 Å². The van der Waals surface area contributed by atoms with Crippen LogP contribution in [0, 0.1) is 13.8 Å². The number of nitrogens with zero attached hydrogens (tertiary/aromatic N) is 2. The van der Waals surface area contributed by atoms with Gasteiger partial charge in [0.15, 0.2) is 0 Å². The molecule has 0 radical (unpaired) electrons. The second-order valence-electron chi connectivity index (χ2n) is 7.68. The summed E-state index contributed by atoms with van der Waals surface area (Å²) < 4.78 is 22.7. The van der Waals surface area contributed by atoms with Crippen molar-refractivity contribution in [3.05, 3.63) is 59.2 Å². The molecule has 1 saturated heterocycles. The number of sulfone groups is 1. The van der Waals surface area contributed by atoms with E-state index in [-0.39, 0.29) is 11.7 Å². The largest absolute Gasteiger partial charge is 0.355 e. The molecule has 0 atom stereocenters. The van der Waals surface area contributed by atoms with Gasteiger partial charge in [-0.2, -0.15) is 0 Å². The number of para-hydroxylation sites is 1. The summed E-state index contributed by atoms with van der Waals surface area (Å²) in [7, 11) is -2.97. The molecule has 1 aliphatic rings. The smallest absolute Gasteiger partial charge is 0.256 e. The number of carbonyl (C=O) groups excluding carboxylic acids is 1. The molecular weight excluding hydrogens is 386 g/mol. The van der Waals surface area contributed by atoms with Gasteiger partial charge in [0, 0.05) is 44.7 Å². The Morgan fingerprint density at radius 2 is 1.62 bits per heavy atom. The number of amides is 1. The number of rotatable bonds is 6. The Labute approximate surface area is 173 Å². The van der Waals surface area contributed by atoms with E-state index in [4.69, 9.17) is 0 Å². The minimum absolute atomic E-state index is 0.00108. The zero-order valence-electron chi connectivity index (χ0n) is 17.3. The lowest BCUT2D eigenvalue weighted by Gasteiger charge is -2.35. The third-order valence-electron chi connectivity index (χ3n) is 5.47. The standard InChI is InChI=1S/C22H29N3O3S/c1-17-7-6-10-20(18(17)2)23-21-9-5-4-8-19(21)22(26)25-13-11-24(12-14-25)15-16-29(3,27)28/h4-10,23H,11-16H2,1-3H3. The fourth-order valence-electron chi connectivity index (χ4n) is 3.45. The maximum absolute atomic E-state index is 13.2. The fourth-order valence-corrected chi connectivity index (χ4v) is 4.04. The summed E-state index contributed by atoms with van der Waals surface area (Å²) in [6.07, 6.45) is 1.26. The lowest BCUT2D eigenvalue weighted by atomic mass is 10.1. The molecule has 2 aromatic carbocycles. The van der Waals surface area contributed by atoms with Crippen LogP contribution in [-0.4, -0.2) is 68.9 Å². The van der Waals surface area contributed by atoms with Crippen LogP contribution in [-0.2, 0) is 9.84 Å². The quantitative estimate of drug-likeness (QED) is 0.786. The Balaban J connectivity index is 1.69. The van der Waals surface area contributed by atoms with E-state index in [1.54, 1.807) is 0 Å². The number of aryl methyl sites for hydroxylation is 1. The highest BCUT2D eigenvalue weighted by atomic mass is 32.2. The zero-order valence-corrected chi connectivity index (χ0v) is 18.1. The molecule has 0 aliphatic carbocycles. The van der Waals surface area contributed by atoms with Crippen LogP contribution in [0.1, 0.15) is 21.5 Å². The zero-order chi connectivity index (χ0) is 21.0. The van der Waals surface area contributed by atoms with Crippen LogP contribution in [0.5, 0.6) is 0 Å². The Morgan fingerprint density at radius 1 is 0.966 bits per heavy atom. The van der Waals surface area contributed by atoms with Gasteiger partial charge in [0.25, 0.3) is 5.91 Å². The molecule has 0 bridgehead atoms. The Hall–Kier alpha value is -2.38. The van der Waals surface area contributed by atoms with E-state index in [0.29, 0.717) is 38.3 Å². The molecule has 1 amide bonds. The highest BCUT2D eigenvalue weighted by Crippen LogP contribution is 2.26. The van der Waals surface area contributed by atoms with Gasteiger partial charge in [-0.25, -0.2) is 8.42 Å². The minimum Gasteiger partial charge on any atom is -0.355 e. The fraction of sp³-hybridized carbons (Fsp3) is 0.409. The molecule has 7 heteroatoms. The summed E-state index contributed by atoms with van der Waals surface area (Å²) in [4.78, 5) is 17.1. The Bertz CT molecular complexity index is 981. The first-order valence-corrected chi connectivity index (χ1v) is 11.9. The van der Waals surface area contributed by atoms with E-state index >= 15 is 0 Å². The molecule has 1 aliphatic heterocycles. The molecule has 0 spiro atoms. The van der Waals surface area contributed by atoms with Gasteiger partial charge in [0.2, 0.25) is 0 Å². The summed E-state index contributed by atoms with van der Waals surface area (Å²) >= 11 is 0. The Kier molecular flexibility index (Phi) is 6.59. The third-order valence-corrected chi connectivity index (χ3v) is 6.39. The molecule has 1 heterocycles. The molecule has 6 nitrogen and oxygen atoms in total. The van der Waals surface area contributed by atoms with Gasteiger partial charge < -0.3 is 10.2 Å². The van der Waals surface area contributed by atoms with Gasteiger partial charge in [-0.1, -0.05) is 24.3 Å². The van der Waals surface area contributed by atoms with Crippen LogP contribution >= 0.6 is 0 Å². The second-order valence-corrected chi connectivity index (χ2v) is 9.94. The predicted octanol–water partition coefficient (Wildman–Crippen LogP) is 2.85. The van der Waals surface area contributed by atoms with Crippen LogP contribution < -0.4 is 5.32 Å². The lowest BCUT2D eigenvalue weighted by molar-refractivity contribution is 0.0645. The van der Waals surface area contributed by atoms with Crippen molar-refractivity contribution in [1.29, 1.82) is 0 Å². The molecule has 1 fully saturated rings. The number of hydrogen-bond donors (Lipinski definition) is 1. The van der Waals surface area contributed by atoms with Crippen LogP contribution in [0.3, 0.4) is 0 Å². The molecule has 0 saturated carbocycles. The topological polar surface area (TPSA) is 69.7 Å². The van der Waals surface area contributed by atoms with Gasteiger partial charge in [0.05, 0.1) is 17.0 Å². The summed E-state index contributed by atoms with van der Waals surface area (Å²) in [5.74, 6) is 0.157. The SMILES string of the molecule is Cc1cccc(Nc2ccccc2C(=O)N2CCN(CCS(C)(=O)=O)CC2)c1C. The second kappa shape index (κ2) is 8.97. The van der Waals surface area contributed by atoms with Crippen molar-refractivity contribution in [3.63, 3.8) is 0 Å². The summed E-state index contributed by atoms with van der Waals surface area (Å²) in [5, 5.41) is 3.42. The third kappa shape index (κ3) is 5.58. The van der Waals surface area contributed by atoms with Crippen LogP contribution in [0.2, 0.25) is 0 Å². The van der Waals surface area contributed by atoms with Gasteiger partial charge in [0.1, 0.15) is 9.84 Å². The van der Waals surface area contributed by atoms with E-state index in [9.17, 15) is 13.2 Å². The van der Waals surface area contributed by atoms with E-state index in [1.165, 1.54) is 11.8 Å². The first-order valence-electron chi connectivity index (χ1n) is 9.86. The summed E-state index contributed by atoms with van der Waals surface area (Å²) in [6.45, 7) is 7.23. The highest BCUT2D eigenvalue weighted by Gasteiger charge is 2.24. The maximum Gasteiger partial charge on any atom is 0.256 e. The van der Waals surface area contributed by atoms with Crippen molar-refractivity contribution >= 4 is 27.1 Å². The number of carbonyl (C=O) groups is 1. The van der Waals surface area contributed by atoms with E-state index < -0.39 is 9.84 Å². The molecule has 3 rings (SSSR count). The monoisotopic (exact) mass is 415 g/mol. The van der Waals surface area contributed by atoms with Crippen molar-refractivity contribution in [1.82, 2.24) is 9.80 Å². The maximum atomic E-state index is 13.2. The number of anilines is 2. The normalized spacial score (nSPS) is 15.3. The number of benzene rings is 2. The van der Waals surface area contributed by atoms with Crippen molar-refractivity contribution in [2.24, 2.45) is 0 Å². The first kappa shape index (κ1) is 21.3. The number of piperazine rings is 1. The van der Waals surface area contributed by atoms with Crippen molar-refractivity contribution < 1.29 is 13.2 Å². The average Bonchev–Trinajstić information content (AvgIpc) is 2.70. The van der Waals surface area contributed by atoms with E-state index in [1.807, 2.05) is 41.3 Å². The van der Waals surface area contributed by atoms with Crippen molar-refractivity contribution in [2.45, 2.75) is 13.8 Å². The summed E-state index contributed by atoms with van der Waals surface area (Å²) in [5.41, 5.74) is 4.80. The van der Waals surface area contributed by atoms with Gasteiger partial charge in [-0.3, -0.25) is 9.69 Å². The number of hydrogen-bond acceptors (Lipinski definition) is 5.